The number of hydrogen-bond acceptors (Lipinski definition) is 2. The van der Waals surface area contributed by atoms with Crippen LogP contribution in [-0.4, -0.2) is 23.5 Å². The maximum atomic E-state index is 12.1. The molecule has 2 unspecified atom stereocenters. The predicted octanol–water partition coefficient (Wildman–Crippen LogP) is 3.74. The molecule has 122 valence electrons. The summed E-state index contributed by atoms with van der Waals surface area (Å²) in [5.74, 6) is -1.66. The van der Waals surface area contributed by atoms with Crippen LogP contribution < -0.4 is 5.32 Å². The van der Waals surface area contributed by atoms with E-state index in [2.05, 4.69) is 12.2 Å². The van der Waals surface area contributed by atoms with Crippen molar-refractivity contribution in [2.45, 2.75) is 77.6 Å². The molecule has 0 aromatic carbocycles. The van der Waals surface area contributed by atoms with Crippen molar-refractivity contribution in [3.63, 3.8) is 0 Å². The standard InChI is InChI=1S/C17H31NO3/c1-2-3-4-5-6-7-10-13-18-16(19)14-11-8-9-12-15(14)17(20)21/h14-15H,2-13H2,1H3,(H,18,19)(H,20,21). The minimum Gasteiger partial charge on any atom is -0.481 e. The maximum absolute atomic E-state index is 12.1. The van der Waals surface area contributed by atoms with Crippen LogP contribution in [-0.2, 0) is 9.59 Å². The molecule has 1 aliphatic rings. The Kier molecular flexibility index (Phi) is 9.11. The molecule has 0 bridgehead atoms. The Bertz CT molecular complexity index is 317. The topological polar surface area (TPSA) is 66.4 Å². The van der Waals surface area contributed by atoms with E-state index in [4.69, 9.17) is 0 Å². The average Bonchev–Trinajstić information content (AvgIpc) is 2.49. The zero-order chi connectivity index (χ0) is 15.5. The highest BCUT2D eigenvalue weighted by Gasteiger charge is 2.35. The molecule has 1 saturated carbocycles. The van der Waals surface area contributed by atoms with Crippen molar-refractivity contribution in [3.8, 4) is 0 Å². The average molecular weight is 297 g/mol. The molecule has 1 aliphatic carbocycles. The van der Waals surface area contributed by atoms with Crippen molar-refractivity contribution in [1.29, 1.82) is 0 Å². The van der Waals surface area contributed by atoms with E-state index < -0.39 is 11.9 Å². The van der Waals surface area contributed by atoms with Crippen molar-refractivity contribution < 1.29 is 14.7 Å². The van der Waals surface area contributed by atoms with Crippen LogP contribution in [0.3, 0.4) is 0 Å². The molecule has 1 amide bonds. The smallest absolute Gasteiger partial charge is 0.307 e. The number of amides is 1. The Morgan fingerprint density at radius 3 is 2.14 bits per heavy atom. The maximum Gasteiger partial charge on any atom is 0.307 e. The van der Waals surface area contributed by atoms with E-state index in [1.807, 2.05) is 0 Å². The molecule has 0 aliphatic heterocycles. The van der Waals surface area contributed by atoms with Gasteiger partial charge in [0, 0.05) is 6.54 Å². The number of carbonyl (C=O) groups is 2. The van der Waals surface area contributed by atoms with E-state index in [1.165, 1.54) is 32.1 Å². The van der Waals surface area contributed by atoms with Gasteiger partial charge in [0.05, 0.1) is 11.8 Å². The van der Waals surface area contributed by atoms with Gasteiger partial charge in [0.25, 0.3) is 0 Å². The van der Waals surface area contributed by atoms with Gasteiger partial charge >= 0.3 is 5.97 Å². The van der Waals surface area contributed by atoms with Crippen molar-refractivity contribution in [3.05, 3.63) is 0 Å². The number of carboxylic acids is 1. The highest BCUT2D eigenvalue weighted by Crippen LogP contribution is 2.30. The number of rotatable bonds is 10. The lowest BCUT2D eigenvalue weighted by Crippen LogP contribution is -2.40. The summed E-state index contributed by atoms with van der Waals surface area (Å²) in [7, 11) is 0. The van der Waals surface area contributed by atoms with Gasteiger partial charge < -0.3 is 10.4 Å². The third-order valence-corrected chi connectivity index (χ3v) is 4.50. The van der Waals surface area contributed by atoms with Crippen LogP contribution in [0.4, 0.5) is 0 Å². The Morgan fingerprint density at radius 1 is 0.952 bits per heavy atom. The summed E-state index contributed by atoms with van der Waals surface area (Å²) in [5, 5.41) is 12.1. The molecule has 4 heteroatoms. The largest absolute Gasteiger partial charge is 0.481 e. The minimum atomic E-state index is -0.814. The van der Waals surface area contributed by atoms with E-state index in [-0.39, 0.29) is 11.8 Å². The van der Waals surface area contributed by atoms with Crippen LogP contribution in [0, 0.1) is 11.8 Å². The van der Waals surface area contributed by atoms with Crippen molar-refractivity contribution >= 4 is 11.9 Å². The SMILES string of the molecule is CCCCCCCCCNC(=O)C1CCCCC1C(=O)O. The van der Waals surface area contributed by atoms with Crippen LogP contribution in [0.25, 0.3) is 0 Å². The van der Waals surface area contributed by atoms with E-state index in [9.17, 15) is 14.7 Å². The molecule has 1 rings (SSSR count). The Hall–Kier alpha value is -1.06. The first-order chi connectivity index (χ1) is 10.2. The second kappa shape index (κ2) is 10.6. The van der Waals surface area contributed by atoms with Crippen molar-refractivity contribution in [2.75, 3.05) is 6.54 Å². The van der Waals surface area contributed by atoms with E-state index in [0.717, 1.165) is 32.1 Å². The molecule has 2 atom stereocenters. The van der Waals surface area contributed by atoms with Crippen LogP contribution >= 0.6 is 0 Å². The molecule has 4 nitrogen and oxygen atoms in total. The number of carbonyl (C=O) groups excluding carboxylic acids is 1. The van der Waals surface area contributed by atoms with E-state index in [0.29, 0.717) is 13.0 Å². The predicted molar refractivity (Wildman–Crippen MR) is 84.1 cm³/mol. The van der Waals surface area contributed by atoms with Crippen LogP contribution in [0.2, 0.25) is 0 Å². The first-order valence-corrected chi connectivity index (χ1v) is 8.67. The van der Waals surface area contributed by atoms with Crippen molar-refractivity contribution in [1.82, 2.24) is 5.32 Å². The summed E-state index contributed by atoms with van der Waals surface area (Å²) in [4.78, 5) is 23.3. The molecule has 0 aromatic rings. The number of hydrogen-bond donors (Lipinski definition) is 2. The summed E-state index contributed by atoms with van der Waals surface area (Å²) in [5.41, 5.74) is 0. The molecule has 0 spiro atoms. The van der Waals surface area contributed by atoms with Gasteiger partial charge in [-0.1, -0.05) is 58.3 Å². The van der Waals surface area contributed by atoms with Gasteiger partial charge in [0.2, 0.25) is 5.91 Å². The van der Waals surface area contributed by atoms with Gasteiger partial charge in [-0.25, -0.2) is 0 Å². The number of carboxylic acid groups (broad SMARTS) is 1. The summed E-state index contributed by atoms with van der Waals surface area (Å²) in [6.45, 7) is 2.90. The lowest BCUT2D eigenvalue weighted by molar-refractivity contribution is -0.148. The molecule has 0 aromatic heterocycles. The van der Waals surface area contributed by atoms with Gasteiger partial charge in [-0.3, -0.25) is 9.59 Å². The van der Waals surface area contributed by atoms with Gasteiger partial charge in [-0.05, 0) is 19.3 Å². The van der Waals surface area contributed by atoms with Crippen LogP contribution in [0.15, 0.2) is 0 Å². The lowest BCUT2D eigenvalue weighted by Gasteiger charge is -2.27. The van der Waals surface area contributed by atoms with Gasteiger partial charge in [0.15, 0.2) is 0 Å². The van der Waals surface area contributed by atoms with Crippen molar-refractivity contribution in [2.24, 2.45) is 11.8 Å². The van der Waals surface area contributed by atoms with Crippen LogP contribution in [0.1, 0.15) is 77.6 Å². The van der Waals surface area contributed by atoms with E-state index >= 15 is 0 Å². The zero-order valence-corrected chi connectivity index (χ0v) is 13.4. The zero-order valence-electron chi connectivity index (χ0n) is 13.4. The normalized spacial score (nSPS) is 22.0. The molecule has 0 heterocycles. The Balaban J connectivity index is 2.13. The number of unbranched alkanes of at least 4 members (excludes halogenated alkanes) is 6. The fraction of sp³-hybridized carbons (Fsp3) is 0.882. The van der Waals surface area contributed by atoms with E-state index in [1.54, 1.807) is 0 Å². The fourth-order valence-corrected chi connectivity index (χ4v) is 3.17. The molecule has 1 fully saturated rings. The third kappa shape index (κ3) is 6.96. The first-order valence-electron chi connectivity index (χ1n) is 8.67. The highest BCUT2D eigenvalue weighted by molar-refractivity contribution is 5.84. The molecule has 0 radical (unpaired) electrons. The fourth-order valence-electron chi connectivity index (χ4n) is 3.17. The molecule has 0 saturated heterocycles. The molecule has 21 heavy (non-hydrogen) atoms. The van der Waals surface area contributed by atoms with Gasteiger partial charge in [-0.15, -0.1) is 0 Å². The minimum absolute atomic E-state index is 0.0481. The Labute approximate surface area is 128 Å². The highest BCUT2D eigenvalue weighted by atomic mass is 16.4. The number of nitrogens with one attached hydrogen (secondary N) is 1. The number of aliphatic carboxylic acids is 1. The molecule has 2 N–H and O–H groups in total. The second-order valence-electron chi connectivity index (χ2n) is 6.25. The Morgan fingerprint density at radius 2 is 1.52 bits per heavy atom. The summed E-state index contributed by atoms with van der Waals surface area (Å²) in [6, 6.07) is 0. The van der Waals surface area contributed by atoms with Gasteiger partial charge in [0.1, 0.15) is 0 Å². The summed E-state index contributed by atoms with van der Waals surface area (Å²) >= 11 is 0. The first kappa shape index (κ1) is 18.0. The second-order valence-corrected chi connectivity index (χ2v) is 6.25. The van der Waals surface area contributed by atoms with Gasteiger partial charge in [-0.2, -0.15) is 0 Å². The lowest BCUT2D eigenvalue weighted by atomic mass is 9.78. The summed E-state index contributed by atoms with van der Waals surface area (Å²) in [6.07, 6.45) is 11.8. The summed E-state index contributed by atoms with van der Waals surface area (Å²) < 4.78 is 0. The molecular weight excluding hydrogens is 266 g/mol. The quantitative estimate of drug-likeness (QED) is 0.604. The van der Waals surface area contributed by atoms with Crippen LogP contribution in [0.5, 0.6) is 0 Å². The third-order valence-electron chi connectivity index (χ3n) is 4.50. The monoisotopic (exact) mass is 297 g/mol. The molecular formula is C17H31NO3.